The molecule has 2 nitrogen and oxygen atoms in total. The number of quaternary nitrogens is 1. The van der Waals surface area contributed by atoms with E-state index in [-0.39, 0.29) is 0 Å². The molecule has 2 rings (SSSR count). The van der Waals surface area contributed by atoms with Crippen molar-refractivity contribution in [2.24, 2.45) is 5.92 Å². The van der Waals surface area contributed by atoms with Gasteiger partial charge in [0.1, 0.15) is 5.60 Å². The zero-order chi connectivity index (χ0) is 12.6. The largest absolute Gasteiger partial charge is 0.384 e. The summed E-state index contributed by atoms with van der Waals surface area (Å²) in [6.45, 7) is 7.51. The van der Waals surface area contributed by atoms with Crippen molar-refractivity contribution in [3.8, 4) is 0 Å². The van der Waals surface area contributed by atoms with E-state index in [4.69, 9.17) is 0 Å². The maximum atomic E-state index is 11.0. The molecule has 1 saturated heterocycles. The van der Waals surface area contributed by atoms with Crippen LogP contribution < -0.4 is 4.90 Å². The fourth-order valence-corrected chi connectivity index (χ4v) is 3.01. The lowest BCUT2D eigenvalue weighted by molar-refractivity contribution is -0.916. The second-order valence-corrected chi connectivity index (χ2v) is 5.85. The Kier molecular flexibility index (Phi) is 3.28. The fourth-order valence-electron chi connectivity index (χ4n) is 3.01. The molecule has 17 heavy (non-hydrogen) atoms. The van der Waals surface area contributed by atoms with Gasteiger partial charge >= 0.3 is 0 Å². The average molecular weight is 234 g/mol. The molecule has 0 amide bonds. The van der Waals surface area contributed by atoms with Gasteiger partial charge in [-0.25, -0.2) is 0 Å². The molecule has 0 radical (unpaired) electrons. The van der Waals surface area contributed by atoms with Crippen LogP contribution in [0.1, 0.15) is 31.4 Å². The highest BCUT2D eigenvalue weighted by Gasteiger charge is 2.44. The zero-order valence-corrected chi connectivity index (χ0v) is 11.3. The van der Waals surface area contributed by atoms with Gasteiger partial charge in [0, 0.05) is 12.3 Å². The van der Waals surface area contributed by atoms with Gasteiger partial charge in [0.15, 0.2) is 0 Å². The summed E-state index contributed by atoms with van der Waals surface area (Å²) >= 11 is 0. The molecule has 0 spiro atoms. The van der Waals surface area contributed by atoms with Gasteiger partial charge < -0.3 is 10.0 Å². The van der Waals surface area contributed by atoms with Gasteiger partial charge in [0.2, 0.25) is 0 Å². The summed E-state index contributed by atoms with van der Waals surface area (Å²) < 4.78 is 0. The Morgan fingerprint density at radius 3 is 2.71 bits per heavy atom. The quantitative estimate of drug-likeness (QED) is 0.748. The van der Waals surface area contributed by atoms with Crippen molar-refractivity contribution in [1.29, 1.82) is 0 Å². The molecule has 1 aliphatic rings. The van der Waals surface area contributed by atoms with Crippen LogP contribution in [-0.2, 0) is 5.60 Å². The normalized spacial score (nSPS) is 38.1. The zero-order valence-electron chi connectivity index (χ0n) is 11.3. The third kappa shape index (κ3) is 2.24. The molecule has 0 aromatic heterocycles. The molecule has 1 unspecified atom stereocenters. The third-order valence-corrected chi connectivity index (χ3v) is 4.42. The van der Waals surface area contributed by atoms with Gasteiger partial charge in [-0.05, 0) is 19.4 Å². The van der Waals surface area contributed by atoms with Gasteiger partial charge in [-0.1, -0.05) is 36.8 Å². The van der Waals surface area contributed by atoms with Crippen molar-refractivity contribution >= 4 is 0 Å². The molecule has 1 heterocycles. The topological polar surface area (TPSA) is 24.7 Å². The Bertz CT molecular complexity index is 404. The lowest BCUT2D eigenvalue weighted by Gasteiger charge is -2.43. The first-order valence-electron chi connectivity index (χ1n) is 6.55. The van der Waals surface area contributed by atoms with Crippen LogP contribution in [0.3, 0.4) is 0 Å². The van der Waals surface area contributed by atoms with E-state index in [1.54, 1.807) is 0 Å². The van der Waals surface area contributed by atoms with Crippen molar-refractivity contribution in [3.63, 3.8) is 0 Å². The molecule has 0 saturated carbocycles. The van der Waals surface area contributed by atoms with Crippen molar-refractivity contribution in [2.45, 2.75) is 38.8 Å². The molecule has 0 aliphatic carbocycles. The van der Waals surface area contributed by atoms with Crippen LogP contribution in [0.2, 0.25) is 0 Å². The second-order valence-electron chi connectivity index (χ2n) is 5.85. The number of hydrogen-bond acceptors (Lipinski definition) is 1. The Morgan fingerprint density at radius 2 is 2.06 bits per heavy atom. The van der Waals surface area contributed by atoms with Crippen molar-refractivity contribution in [3.05, 3.63) is 35.4 Å². The number of nitrogens with one attached hydrogen (secondary N) is 1. The number of aliphatic hydroxyl groups is 1. The first-order chi connectivity index (χ1) is 7.93. The Morgan fingerprint density at radius 1 is 1.35 bits per heavy atom. The van der Waals surface area contributed by atoms with Crippen LogP contribution in [0, 0.1) is 12.8 Å². The van der Waals surface area contributed by atoms with Crippen LogP contribution in [0.5, 0.6) is 0 Å². The number of rotatable bonds is 1. The van der Waals surface area contributed by atoms with E-state index in [2.05, 4.69) is 46.0 Å². The lowest BCUT2D eigenvalue weighted by Crippen LogP contribution is -3.15. The first kappa shape index (κ1) is 12.6. The van der Waals surface area contributed by atoms with Gasteiger partial charge in [-0.2, -0.15) is 0 Å². The highest BCUT2D eigenvalue weighted by molar-refractivity contribution is 5.28. The minimum Gasteiger partial charge on any atom is -0.384 e. The highest BCUT2D eigenvalue weighted by Crippen LogP contribution is 2.35. The number of likely N-dealkylation sites (tertiary alicyclic amines) is 1. The highest BCUT2D eigenvalue weighted by atomic mass is 16.3. The van der Waals surface area contributed by atoms with E-state index in [1.807, 2.05) is 6.07 Å². The Balaban J connectivity index is 2.35. The summed E-state index contributed by atoms with van der Waals surface area (Å²) in [5.74, 6) is 0.306. The molecular formula is C15H24NO+. The number of hydrogen-bond donors (Lipinski definition) is 2. The predicted molar refractivity (Wildman–Crippen MR) is 70.1 cm³/mol. The summed E-state index contributed by atoms with van der Waals surface area (Å²) in [6, 6.07) is 8.84. The van der Waals surface area contributed by atoms with E-state index in [1.165, 1.54) is 10.5 Å². The van der Waals surface area contributed by atoms with Crippen molar-refractivity contribution in [1.82, 2.24) is 0 Å². The molecule has 94 valence electrons. The summed E-state index contributed by atoms with van der Waals surface area (Å²) in [5.41, 5.74) is 1.66. The van der Waals surface area contributed by atoms with Crippen molar-refractivity contribution in [2.75, 3.05) is 13.6 Å². The SMILES string of the molecule is Cc1cccc([C@@]2(O)C[C@H](C)[NH+](C)C[C@@H]2C)c1. The lowest BCUT2D eigenvalue weighted by atomic mass is 9.74. The molecule has 1 aliphatic heterocycles. The number of aryl methyl sites for hydroxylation is 1. The molecule has 2 N–H and O–H groups in total. The molecule has 4 atom stereocenters. The van der Waals surface area contributed by atoms with Gasteiger partial charge in [0.05, 0.1) is 19.6 Å². The first-order valence-corrected chi connectivity index (χ1v) is 6.55. The minimum absolute atomic E-state index is 0.306. The van der Waals surface area contributed by atoms with Gasteiger partial charge in [0.25, 0.3) is 0 Å². The smallest absolute Gasteiger partial charge is 0.103 e. The predicted octanol–water partition coefficient (Wildman–Crippen LogP) is 1.13. The maximum absolute atomic E-state index is 11.0. The van der Waals surface area contributed by atoms with Crippen LogP contribution in [0.25, 0.3) is 0 Å². The third-order valence-electron chi connectivity index (χ3n) is 4.42. The van der Waals surface area contributed by atoms with Gasteiger partial charge in [-0.3, -0.25) is 0 Å². The number of piperidine rings is 1. The van der Waals surface area contributed by atoms with E-state index < -0.39 is 5.60 Å². The fraction of sp³-hybridized carbons (Fsp3) is 0.600. The Hall–Kier alpha value is -0.860. The average Bonchev–Trinajstić information content (AvgIpc) is 2.26. The van der Waals surface area contributed by atoms with Crippen molar-refractivity contribution < 1.29 is 10.0 Å². The molecule has 0 bridgehead atoms. The summed E-state index contributed by atoms with van der Waals surface area (Å²) in [5, 5.41) is 11.0. The molecular weight excluding hydrogens is 210 g/mol. The molecule has 1 aromatic rings. The van der Waals surface area contributed by atoms with Crippen LogP contribution >= 0.6 is 0 Å². The summed E-state index contributed by atoms with van der Waals surface area (Å²) in [6.07, 6.45) is 0.851. The van der Waals surface area contributed by atoms with E-state index >= 15 is 0 Å². The van der Waals surface area contributed by atoms with Crippen LogP contribution in [-0.4, -0.2) is 24.7 Å². The second kappa shape index (κ2) is 4.43. The summed E-state index contributed by atoms with van der Waals surface area (Å²) in [7, 11) is 2.22. The van der Waals surface area contributed by atoms with E-state index in [0.29, 0.717) is 12.0 Å². The Labute approximate surface area is 104 Å². The minimum atomic E-state index is -0.648. The van der Waals surface area contributed by atoms with E-state index in [0.717, 1.165) is 18.5 Å². The standard InChI is InChI=1S/C15H23NO/c1-11-6-5-7-14(8-11)15(17)9-13(3)16(4)10-12(15)2/h5-8,12-13,17H,9-10H2,1-4H3/p+1/t12-,13-,15+/m0/s1. The molecule has 1 fully saturated rings. The monoisotopic (exact) mass is 234 g/mol. The van der Waals surface area contributed by atoms with Crippen LogP contribution in [0.4, 0.5) is 0 Å². The maximum Gasteiger partial charge on any atom is 0.103 e. The van der Waals surface area contributed by atoms with Crippen LogP contribution in [0.15, 0.2) is 24.3 Å². The number of benzene rings is 1. The van der Waals surface area contributed by atoms with Gasteiger partial charge in [-0.15, -0.1) is 0 Å². The molecule has 2 heteroatoms. The summed E-state index contributed by atoms with van der Waals surface area (Å²) in [4.78, 5) is 1.52. The van der Waals surface area contributed by atoms with E-state index in [9.17, 15) is 5.11 Å². The molecule has 1 aromatic carbocycles.